The fourth-order valence-corrected chi connectivity index (χ4v) is 2.94. The van der Waals surface area contributed by atoms with Crippen molar-refractivity contribution < 1.29 is 0 Å². The Hall–Kier alpha value is 0.310. The third-order valence-electron chi connectivity index (χ3n) is 2.51. The van der Waals surface area contributed by atoms with Gasteiger partial charge in [-0.3, -0.25) is 0 Å². The molecule has 0 amide bonds. The van der Waals surface area contributed by atoms with Gasteiger partial charge in [-0.2, -0.15) is 11.8 Å². The summed E-state index contributed by atoms with van der Waals surface area (Å²) < 4.78 is 0. The van der Waals surface area contributed by atoms with E-state index in [1.165, 1.54) is 38.0 Å². The Morgan fingerprint density at radius 3 is 3.00 bits per heavy atom. The first-order valence-electron chi connectivity index (χ1n) is 4.32. The van der Waals surface area contributed by atoms with Gasteiger partial charge < -0.3 is 5.32 Å². The van der Waals surface area contributed by atoms with Crippen molar-refractivity contribution in [2.45, 2.75) is 37.0 Å². The molecular formula is C8H15NS. The van der Waals surface area contributed by atoms with Crippen LogP contribution >= 0.6 is 11.8 Å². The standard InChI is InChI=1S/C8H15NS/c1-2-4-8-7(6-10-8)9-5-3-1/h7-9H,1-6H2. The van der Waals surface area contributed by atoms with E-state index in [1.807, 2.05) is 0 Å². The predicted octanol–water partition coefficient (Wildman–Crippen LogP) is 1.63. The first-order chi connectivity index (χ1) is 4.97. The Balaban J connectivity index is 1.83. The molecule has 2 heterocycles. The zero-order valence-electron chi connectivity index (χ0n) is 6.31. The van der Waals surface area contributed by atoms with Gasteiger partial charge in [-0.05, 0) is 19.4 Å². The molecule has 0 radical (unpaired) electrons. The van der Waals surface area contributed by atoms with Crippen LogP contribution in [0.3, 0.4) is 0 Å². The molecule has 1 N–H and O–H groups in total. The first kappa shape index (κ1) is 6.99. The van der Waals surface area contributed by atoms with Crippen LogP contribution in [-0.2, 0) is 0 Å². The molecule has 0 spiro atoms. The highest BCUT2D eigenvalue weighted by Gasteiger charge is 2.30. The van der Waals surface area contributed by atoms with E-state index < -0.39 is 0 Å². The van der Waals surface area contributed by atoms with E-state index >= 15 is 0 Å². The maximum Gasteiger partial charge on any atom is 0.0277 e. The van der Waals surface area contributed by atoms with E-state index in [4.69, 9.17) is 0 Å². The molecule has 2 aliphatic rings. The number of rotatable bonds is 0. The van der Waals surface area contributed by atoms with Crippen molar-refractivity contribution in [3.63, 3.8) is 0 Å². The van der Waals surface area contributed by atoms with Gasteiger partial charge >= 0.3 is 0 Å². The molecule has 58 valence electrons. The summed E-state index contributed by atoms with van der Waals surface area (Å²) in [5.41, 5.74) is 0. The van der Waals surface area contributed by atoms with Crippen molar-refractivity contribution >= 4 is 11.8 Å². The van der Waals surface area contributed by atoms with Crippen LogP contribution in [0.5, 0.6) is 0 Å². The summed E-state index contributed by atoms with van der Waals surface area (Å²) in [6.07, 6.45) is 5.77. The molecule has 0 bridgehead atoms. The topological polar surface area (TPSA) is 12.0 Å². The van der Waals surface area contributed by atoms with E-state index in [9.17, 15) is 0 Å². The molecule has 0 aliphatic carbocycles. The number of hydrogen-bond donors (Lipinski definition) is 1. The average molecular weight is 157 g/mol. The largest absolute Gasteiger partial charge is 0.312 e. The van der Waals surface area contributed by atoms with Crippen LogP contribution in [0.2, 0.25) is 0 Å². The van der Waals surface area contributed by atoms with Crippen LogP contribution in [0.4, 0.5) is 0 Å². The van der Waals surface area contributed by atoms with Crippen LogP contribution in [0.1, 0.15) is 25.7 Å². The summed E-state index contributed by atoms with van der Waals surface area (Å²) in [6, 6.07) is 0.880. The number of hydrogen-bond acceptors (Lipinski definition) is 2. The van der Waals surface area contributed by atoms with Gasteiger partial charge in [0.15, 0.2) is 0 Å². The second-order valence-electron chi connectivity index (χ2n) is 3.28. The van der Waals surface area contributed by atoms with E-state index in [-0.39, 0.29) is 0 Å². The molecule has 2 fully saturated rings. The second kappa shape index (κ2) is 3.14. The van der Waals surface area contributed by atoms with E-state index in [1.54, 1.807) is 0 Å². The number of thioether (sulfide) groups is 1. The van der Waals surface area contributed by atoms with Gasteiger partial charge in [0.1, 0.15) is 0 Å². The van der Waals surface area contributed by atoms with Crippen LogP contribution in [0, 0.1) is 0 Å². The molecule has 2 aliphatic heterocycles. The number of fused-ring (bicyclic) bond motifs is 1. The minimum Gasteiger partial charge on any atom is -0.312 e. The lowest BCUT2D eigenvalue weighted by Gasteiger charge is -2.38. The molecule has 0 aromatic rings. The molecule has 2 unspecified atom stereocenters. The van der Waals surface area contributed by atoms with Gasteiger partial charge in [-0.25, -0.2) is 0 Å². The highest BCUT2D eigenvalue weighted by atomic mass is 32.2. The van der Waals surface area contributed by atoms with Crippen molar-refractivity contribution in [1.82, 2.24) is 5.32 Å². The van der Waals surface area contributed by atoms with Gasteiger partial charge in [0, 0.05) is 17.0 Å². The molecule has 1 nitrogen and oxygen atoms in total. The highest BCUT2D eigenvalue weighted by Crippen LogP contribution is 2.33. The fourth-order valence-electron chi connectivity index (χ4n) is 1.74. The fraction of sp³-hybridized carbons (Fsp3) is 1.00. The minimum atomic E-state index is 0.880. The second-order valence-corrected chi connectivity index (χ2v) is 4.55. The van der Waals surface area contributed by atoms with Gasteiger partial charge in [0.25, 0.3) is 0 Å². The third kappa shape index (κ3) is 1.32. The Morgan fingerprint density at radius 1 is 1.20 bits per heavy atom. The summed E-state index contributed by atoms with van der Waals surface area (Å²) in [6.45, 7) is 1.27. The molecule has 2 heteroatoms. The predicted molar refractivity (Wildman–Crippen MR) is 46.5 cm³/mol. The highest BCUT2D eigenvalue weighted by molar-refractivity contribution is 8.01. The summed E-state index contributed by atoms with van der Waals surface area (Å²) in [5.74, 6) is 1.37. The summed E-state index contributed by atoms with van der Waals surface area (Å²) in [5, 5.41) is 4.57. The first-order valence-corrected chi connectivity index (χ1v) is 5.37. The van der Waals surface area contributed by atoms with Crippen LogP contribution in [0.25, 0.3) is 0 Å². The van der Waals surface area contributed by atoms with Crippen LogP contribution in [0.15, 0.2) is 0 Å². The lowest BCUT2D eigenvalue weighted by atomic mass is 10.0. The summed E-state index contributed by atoms with van der Waals surface area (Å²) >= 11 is 2.15. The van der Waals surface area contributed by atoms with Crippen LogP contribution in [-0.4, -0.2) is 23.6 Å². The van der Waals surface area contributed by atoms with E-state index in [2.05, 4.69) is 17.1 Å². The number of nitrogens with one attached hydrogen (secondary N) is 1. The Labute approximate surface area is 67.0 Å². The van der Waals surface area contributed by atoms with Crippen molar-refractivity contribution in [2.24, 2.45) is 0 Å². The quantitative estimate of drug-likeness (QED) is 0.573. The molecule has 0 aromatic carbocycles. The maximum absolute atomic E-state index is 3.60. The van der Waals surface area contributed by atoms with E-state index in [0.29, 0.717) is 0 Å². The maximum atomic E-state index is 3.60. The summed E-state index contributed by atoms with van der Waals surface area (Å²) in [7, 11) is 0. The smallest absolute Gasteiger partial charge is 0.0277 e. The molecule has 10 heavy (non-hydrogen) atoms. The lowest BCUT2D eigenvalue weighted by Crippen LogP contribution is -2.49. The molecule has 2 saturated heterocycles. The normalized spacial score (nSPS) is 40.8. The molecular weight excluding hydrogens is 142 g/mol. The van der Waals surface area contributed by atoms with Gasteiger partial charge in [-0.15, -0.1) is 0 Å². The summed E-state index contributed by atoms with van der Waals surface area (Å²) in [4.78, 5) is 0. The van der Waals surface area contributed by atoms with Crippen molar-refractivity contribution in [1.29, 1.82) is 0 Å². The van der Waals surface area contributed by atoms with Gasteiger partial charge in [0.05, 0.1) is 0 Å². The lowest BCUT2D eigenvalue weighted by molar-refractivity contribution is 0.433. The Morgan fingerprint density at radius 2 is 2.20 bits per heavy atom. The SMILES string of the molecule is C1CCNC2CSC2CC1. The van der Waals surface area contributed by atoms with Crippen molar-refractivity contribution in [3.8, 4) is 0 Å². The van der Waals surface area contributed by atoms with Gasteiger partial charge in [0.2, 0.25) is 0 Å². The molecule has 0 aromatic heterocycles. The molecule has 2 rings (SSSR count). The minimum absolute atomic E-state index is 0.880. The molecule has 0 saturated carbocycles. The zero-order chi connectivity index (χ0) is 6.81. The van der Waals surface area contributed by atoms with Crippen LogP contribution < -0.4 is 5.32 Å². The van der Waals surface area contributed by atoms with E-state index in [0.717, 1.165) is 11.3 Å². The van der Waals surface area contributed by atoms with Crippen molar-refractivity contribution in [2.75, 3.05) is 12.3 Å². The molecule has 2 atom stereocenters. The van der Waals surface area contributed by atoms with Crippen molar-refractivity contribution in [3.05, 3.63) is 0 Å². The third-order valence-corrected chi connectivity index (χ3v) is 4.05. The Kier molecular flexibility index (Phi) is 2.19. The monoisotopic (exact) mass is 157 g/mol. The zero-order valence-corrected chi connectivity index (χ0v) is 7.12. The Bertz CT molecular complexity index is 102. The average Bonchev–Trinajstić information content (AvgIpc) is 1.89. The van der Waals surface area contributed by atoms with Gasteiger partial charge in [-0.1, -0.05) is 12.8 Å².